The maximum absolute atomic E-state index is 5.40. The highest BCUT2D eigenvalue weighted by Crippen LogP contribution is 2.04. The molecule has 2 nitrogen and oxygen atoms in total. The molecule has 0 aromatic rings. The summed E-state index contributed by atoms with van der Waals surface area (Å²) in [5.74, 6) is 1.48. The third-order valence-corrected chi connectivity index (χ3v) is 1.68. The third-order valence-electron chi connectivity index (χ3n) is 1.31. The highest BCUT2D eigenvalue weighted by Gasteiger charge is 2.06. The Bertz CT molecular complexity index is 83.1. The highest BCUT2D eigenvalue weighted by molar-refractivity contribution is 7.80. The molecule has 0 amide bonds. The Morgan fingerprint density at radius 1 is 1.08 bits per heavy atom. The van der Waals surface area contributed by atoms with Crippen molar-refractivity contribution in [3.63, 3.8) is 0 Å². The molecule has 0 radical (unpaired) electrons. The van der Waals surface area contributed by atoms with Crippen LogP contribution in [0.5, 0.6) is 0 Å². The van der Waals surface area contributed by atoms with Gasteiger partial charge in [0.1, 0.15) is 0 Å². The van der Waals surface area contributed by atoms with Crippen LogP contribution >= 0.6 is 25.3 Å². The number of ether oxygens (including phenoxy) is 2. The van der Waals surface area contributed by atoms with Gasteiger partial charge in [0.25, 0.3) is 0 Å². The molecule has 4 heteroatoms. The normalized spacial score (nSPS) is 11.0. The molecule has 0 aliphatic heterocycles. The molecular weight excluding hydrogens is 192 g/mol. The van der Waals surface area contributed by atoms with Gasteiger partial charge in [0.05, 0.1) is 13.2 Å². The largest absolute Gasteiger partial charge is 0.352 e. The van der Waals surface area contributed by atoms with Gasteiger partial charge in [-0.1, -0.05) is 13.3 Å². The molecule has 0 aliphatic carbocycles. The fraction of sp³-hybridized carbons (Fsp3) is 1.00. The Kier molecular flexibility index (Phi) is 10.2. The van der Waals surface area contributed by atoms with E-state index in [1.54, 1.807) is 0 Å². The van der Waals surface area contributed by atoms with Crippen molar-refractivity contribution in [3.8, 4) is 0 Å². The van der Waals surface area contributed by atoms with Crippen LogP contribution in [0.15, 0.2) is 0 Å². The van der Waals surface area contributed by atoms with E-state index in [-0.39, 0.29) is 6.29 Å². The first kappa shape index (κ1) is 12.6. The van der Waals surface area contributed by atoms with E-state index in [0.29, 0.717) is 13.2 Å². The first-order valence-corrected chi connectivity index (χ1v) is 5.56. The zero-order valence-electron chi connectivity index (χ0n) is 7.53. The van der Waals surface area contributed by atoms with Crippen LogP contribution in [0, 0.1) is 0 Å². The zero-order chi connectivity index (χ0) is 9.23. The number of hydrogen-bond acceptors (Lipinski definition) is 4. The second kappa shape index (κ2) is 9.71. The Morgan fingerprint density at radius 3 is 1.92 bits per heavy atom. The quantitative estimate of drug-likeness (QED) is 0.471. The van der Waals surface area contributed by atoms with Gasteiger partial charge >= 0.3 is 0 Å². The molecule has 0 heterocycles. The molecule has 0 saturated carbocycles. The van der Waals surface area contributed by atoms with Crippen molar-refractivity contribution in [1.82, 2.24) is 0 Å². The molecule has 0 rings (SSSR count). The topological polar surface area (TPSA) is 18.5 Å². The van der Waals surface area contributed by atoms with E-state index in [9.17, 15) is 0 Å². The van der Waals surface area contributed by atoms with Crippen molar-refractivity contribution in [1.29, 1.82) is 0 Å². The molecule has 0 unspecified atom stereocenters. The first-order valence-electron chi connectivity index (χ1n) is 4.30. The Balaban J connectivity index is 3.40. The minimum absolute atomic E-state index is 0.0608. The van der Waals surface area contributed by atoms with Crippen molar-refractivity contribution in [2.45, 2.75) is 26.1 Å². The minimum Gasteiger partial charge on any atom is -0.352 e. The summed E-state index contributed by atoms with van der Waals surface area (Å²) in [7, 11) is 0. The van der Waals surface area contributed by atoms with Crippen LogP contribution in [-0.4, -0.2) is 31.0 Å². The molecule has 74 valence electrons. The molecule has 0 spiro atoms. The third kappa shape index (κ3) is 7.28. The molecule has 12 heavy (non-hydrogen) atoms. The van der Waals surface area contributed by atoms with Crippen molar-refractivity contribution < 1.29 is 9.47 Å². The molecule has 0 N–H and O–H groups in total. The summed E-state index contributed by atoms with van der Waals surface area (Å²) in [6, 6.07) is 0. The lowest BCUT2D eigenvalue weighted by Gasteiger charge is -2.16. The summed E-state index contributed by atoms with van der Waals surface area (Å²) in [5.41, 5.74) is 0. The van der Waals surface area contributed by atoms with Crippen LogP contribution in [0.2, 0.25) is 0 Å². The molecule has 0 fully saturated rings. The predicted molar refractivity (Wildman–Crippen MR) is 58.3 cm³/mol. The smallest absolute Gasteiger partial charge is 0.157 e. The van der Waals surface area contributed by atoms with Gasteiger partial charge in [-0.15, -0.1) is 0 Å². The van der Waals surface area contributed by atoms with Crippen LogP contribution in [-0.2, 0) is 9.47 Å². The molecule has 0 aromatic carbocycles. The summed E-state index contributed by atoms with van der Waals surface area (Å²) in [6.07, 6.45) is 1.96. The standard InChI is InChI=1S/C8H18O2S2/c1-2-3-8(9-4-6-11)10-5-7-12/h8,11-12H,2-7H2,1H3. The second-order valence-electron chi connectivity index (χ2n) is 2.41. The van der Waals surface area contributed by atoms with Gasteiger partial charge in [-0.05, 0) is 6.42 Å². The lowest BCUT2D eigenvalue weighted by atomic mass is 10.3. The summed E-state index contributed by atoms with van der Waals surface area (Å²) in [4.78, 5) is 0. The Morgan fingerprint density at radius 2 is 1.58 bits per heavy atom. The van der Waals surface area contributed by atoms with Gasteiger partial charge in [0.15, 0.2) is 6.29 Å². The van der Waals surface area contributed by atoms with Crippen LogP contribution in [0.25, 0.3) is 0 Å². The van der Waals surface area contributed by atoms with Crippen molar-refractivity contribution in [3.05, 3.63) is 0 Å². The van der Waals surface area contributed by atoms with E-state index >= 15 is 0 Å². The summed E-state index contributed by atoms with van der Waals surface area (Å²) >= 11 is 8.12. The number of rotatable bonds is 8. The first-order chi connectivity index (χ1) is 5.85. The van der Waals surface area contributed by atoms with Crippen LogP contribution in [0.1, 0.15) is 19.8 Å². The van der Waals surface area contributed by atoms with E-state index in [1.165, 1.54) is 0 Å². The average Bonchev–Trinajstić information content (AvgIpc) is 2.10. The van der Waals surface area contributed by atoms with Gasteiger partial charge < -0.3 is 9.47 Å². The lowest BCUT2D eigenvalue weighted by molar-refractivity contribution is -0.137. The lowest BCUT2D eigenvalue weighted by Crippen LogP contribution is -2.19. The molecule has 0 saturated heterocycles. The molecule has 0 aliphatic rings. The SMILES string of the molecule is CCCC(OCCS)OCCS. The van der Waals surface area contributed by atoms with Crippen molar-refractivity contribution >= 4 is 25.3 Å². The van der Waals surface area contributed by atoms with Gasteiger partial charge in [-0.3, -0.25) is 0 Å². The number of hydrogen-bond donors (Lipinski definition) is 2. The summed E-state index contributed by atoms with van der Waals surface area (Å²) in [5, 5.41) is 0. The molecule has 0 atom stereocenters. The second-order valence-corrected chi connectivity index (χ2v) is 3.30. The maximum atomic E-state index is 5.40. The highest BCUT2D eigenvalue weighted by atomic mass is 32.1. The van der Waals surface area contributed by atoms with Crippen molar-refractivity contribution in [2.24, 2.45) is 0 Å². The van der Waals surface area contributed by atoms with Crippen LogP contribution < -0.4 is 0 Å². The predicted octanol–water partition coefficient (Wildman–Crippen LogP) is 2.01. The average molecular weight is 210 g/mol. The Labute approximate surface area is 85.8 Å². The fourth-order valence-corrected chi connectivity index (χ4v) is 1.03. The minimum atomic E-state index is -0.0608. The van der Waals surface area contributed by atoms with Gasteiger partial charge in [0, 0.05) is 11.5 Å². The van der Waals surface area contributed by atoms with E-state index in [2.05, 4.69) is 32.2 Å². The van der Waals surface area contributed by atoms with Gasteiger partial charge in [0.2, 0.25) is 0 Å². The number of thiol groups is 2. The summed E-state index contributed by atoms with van der Waals surface area (Å²) in [6.45, 7) is 3.42. The van der Waals surface area contributed by atoms with Gasteiger partial charge in [-0.25, -0.2) is 0 Å². The molecular formula is C8H18O2S2. The summed E-state index contributed by atoms with van der Waals surface area (Å²) < 4.78 is 10.8. The van der Waals surface area contributed by atoms with Crippen LogP contribution in [0.3, 0.4) is 0 Å². The van der Waals surface area contributed by atoms with E-state index < -0.39 is 0 Å². The monoisotopic (exact) mass is 210 g/mol. The zero-order valence-corrected chi connectivity index (χ0v) is 9.32. The Hall–Kier alpha value is 0.620. The van der Waals surface area contributed by atoms with Crippen LogP contribution in [0.4, 0.5) is 0 Å². The maximum Gasteiger partial charge on any atom is 0.157 e. The van der Waals surface area contributed by atoms with E-state index in [4.69, 9.17) is 9.47 Å². The molecule has 0 bridgehead atoms. The molecule has 0 aromatic heterocycles. The van der Waals surface area contributed by atoms with E-state index in [1.807, 2.05) is 0 Å². The van der Waals surface area contributed by atoms with E-state index in [0.717, 1.165) is 24.3 Å². The fourth-order valence-electron chi connectivity index (χ4n) is 0.819. The van der Waals surface area contributed by atoms with Crippen molar-refractivity contribution in [2.75, 3.05) is 24.7 Å². The van der Waals surface area contributed by atoms with Gasteiger partial charge in [-0.2, -0.15) is 25.3 Å².